The molecular weight excluding hydrogens is 684 g/mol. The minimum absolute atomic E-state index is 0.0451. The van der Waals surface area contributed by atoms with Crippen molar-refractivity contribution in [2.45, 2.75) is 220 Å². The van der Waals surface area contributed by atoms with Gasteiger partial charge in [0.05, 0.1) is 6.17 Å². The molecule has 0 saturated carbocycles. The Bertz CT molecular complexity index is 1060. The van der Waals surface area contributed by atoms with E-state index in [9.17, 15) is 13.2 Å². The Morgan fingerprint density at radius 1 is 0.618 bits per heavy atom. The summed E-state index contributed by atoms with van der Waals surface area (Å²) in [4.78, 5) is 0. The van der Waals surface area contributed by atoms with Crippen molar-refractivity contribution >= 4 is 6.21 Å². The largest absolute Gasteiger partial charge is 0.308 e. The van der Waals surface area contributed by atoms with Gasteiger partial charge in [-0.25, -0.2) is 13.2 Å². The fourth-order valence-corrected chi connectivity index (χ4v) is 5.03. The highest BCUT2D eigenvalue weighted by Crippen LogP contribution is 2.24. The van der Waals surface area contributed by atoms with Crippen LogP contribution >= 0.6 is 0 Å². The van der Waals surface area contributed by atoms with Gasteiger partial charge in [0, 0.05) is 6.21 Å². The van der Waals surface area contributed by atoms with Gasteiger partial charge in [0.2, 0.25) is 0 Å². The third-order valence-corrected chi connectivity index (χ3v) is 9.37. The van der Waals surface area contributed by atoms with Crippen LogP contribution in [0.4, 0.5) is 13.2 Å². The van der Waals surface area contributed by atoms with Crippen LogP contribution in [0, 0.1) is 37.0 Å². The van der Waals surface area contributed by atoms with Crippen molar-refractivity contribution < 1.29 is 13.2 Å². The van der Waals surface area contributed by atoms with Gasteiger partial charge >= 0.3 is 0 Å². The molecule has 0 aliphatic heterocycles. The average Bonchev–Trinajstić information content (AvgIpc) is 3.20. The maximum atomic E-state index is 12.3. The molecule has 4 heteroatoms. The minimum atomic E-state index is -2.43. The number of rotatable bonds is 17. The third kappa shape index (κ3) is 39.7. The first-order valence-corrected chi connectivity index (χ1v) is 22.4. The molecule has 0 radical (unpaired) electrons. The molecule has 0 aliphatic rings. The summed E-state index contributed by atoms with van der Waals surface area (Å²) in [6.45, 7) is 35.3. The molecule has 0 fully saturated rings. The van der Waals surface area contributed by atoms with Crippen LogP contribution in [-0.4, -0.2) is 18.8 Å². The number of nitrogens with one attached hydrogen (secondary N) is 1. The Kier molecular flexibility index (Phi) is 51.8. The van der Waals surface area contributed by atoms with Crippen LogP contribution in [0.25, 0.3) is 11.1 Å². The lowest BCUT2D eigenvalue weighted by atomic mass is 9.91. The van der Waals surface area contributed by atoms with E-state index in [1.54, 1.807) is 0 Å². The standard InChI is InChI=1S/C14H14.C10H17F2N.C10H22.C6H14.C5H11F.C4H10.C2H6/c1-11-7-9-13(10-8-11)14-6-4-3-5-12(14)2;1-4-8(5-2)9(6-13)7(3)10(11)12;1-4-6-7-8-9-10(3)5-2;1-4-5-6(2)3;1-3-5(6)4-2;1-3-4-2;1-2/h3-10H,1-2H3;6,8,10,13H,4-5H2,1-3H3;10H,4-9H2,1-3H3;6H,4-5H2,1-3H3;5H,3-4H2,1-2H3;3-4H2,1-2H3;1-2H3/b;9-7-,13-6?;;;;;. The van der Waals surface area contributed by atoms with E-state index in [0.29, 0.717) is 18.4 Å². The third-order valence-electron chi connectivity index (χ3n) is 9.37. The van der Waals surface area contributed by atoms with E-state index in [2.05, 4.69) is 118 Å². The van der Waals surface area contributed by atoms with Gasteiger partial charge in [-0.2, -0.15) is 0 Å². The zero-order valence-corrected chi connectivity index (χ0v) is 39.6. The van der Waals surface area contributed by atoms with Gasteiger partial charge in [0.25, 0.3) is 6.43 Å². The van der Waals surface area contributed by atoms with Crippen molar-refractivity contribution in [3.63, 3.8) is 0 Å². The minimum Gasteiger partial charge on any atom is -0.308 e. The smallest absolute Gasteiger partial charge is 0.260 e. The summed E-state index contributed by atoms with van der Waals surface area (Å²) < 4.78 is 36.5. The van der Waals surface area contributed by atoms with E-state index in [1.807, 2.05) is 41.5 Å². The number of unbranched alkanes of at least 4 members (excludes halogenated alkanes) is 4. The Morgan fingerprint density at radius 2 is 1.13 bits per heavy atom. The topological polar surface area (TPSA) is 23.9 Å². The summed E-state index contributed by atoms with van der Waals surface area (Å²) in [7, 11) is 0. The lowest BCUT2D eigenvalue weighted by Gasteiger charge is -2.16. The highest BCUT2D eigenvalue weighted by atomic mass is 19.3. The molecule has 1 atom stereocenters. The van der Waals surface area contributed by atoms with Crippen LogP contribution in [0.3, 0.4) is 0 Å². The van der Waals surface area contributed by atoms with Crippen molar-refractivity contribution in [1.82, 2.24) is 0 Å². The Labute approximate surface area is 343 Å². The second kappa shape index (κ2) is 46.0. The molecule has 1 N–H and O–H groups in total. The predicted molar refractivity (Wildman–Crippen MR) is 248 cm³/mol. The summed E-state index contributed by atoms with van der Waals surface area (Å²) in [6, 6.07) is 17.1. The van der Waals surface area contributed by atoms with Crippen molar-refractivity contribution in [3.05, 3.63) is 70.8 Å². The van der Waals surface area contributed by atoms with Gasteiger partial charge in [-0.3, -0.25) is 0 Å². The number of allylic oxidation sites excluding steroid dienone is 2. The monoisotopic (exact) mass is 778 g/mol. The number of hydrogen-bond acceptors (Lipinski definition) is 1. The predicted octanol–water partition coefficient (Wildman–Crippen LogP) is 19.0. The summed E-state index contributed by atoms with van der Waals surface area (Å²) in [5, 5.41) is 7.10. The molecule has 55 heavy (non-hydrogen) atoms. The zero-order valence-electron chi connectivity index (χ0n) is 39.6. The van der Waals surface area contributed by atoms with Gasteiger partial charge in [-0.15, -0.1) is 0 Å². The molecule has 0 saturated heterocycles. The molecule has 0 amide bonds. The van der Waals surface area contributed by atoms with Crippen molar-refractivity contribution in [3.8, 4) is 11.1 Å². The number of benzene rings is 2. The molecule has 0 aliphatic carbocycles. The van der Waals surface area contributed by atoms with Crippen LogP contribution in [0.5, 0.6) is 0 Å². The summed E-state index contributed by atoms with van der Waals surface area (Å²) in [6.07, 6.45) is 14.8. The van der Waals surface area contributed by atoms with Crippen LogP contribution in [0.1, 0.15) is 205 Å². The van der Waals surface area contributed by atoms with E-state index < -0.39 is 12.6 Å². The van der Waals surface area contributed by atoms with E-state index in [4.69, 9.17) is 5.41 Å². The first-order valence-electron chi connectivity index (χ1n) is 22.4. The number of hydrogen-bond donors (Lipinski definition) is 1. The molecule has 0 spiro atoms. The Balaban J connectivity index is -0.000000189. The van der Waals surface area contributed by atoms with Crippen LogP contribution < -0.4 is 0 Å². The molecule has 1 unspecified atom stereocenters. The maximum Gasteiger partial charge on any atom is 0.260 e. The zero-order chi connectivity index (χ0) is 43.6. The molecule has 0 aromatic heterocycles. The van der Waals surface area contributed by atoms with Gasteiger partial charge in [0.1, 0.15) is 0 Å². The van der Waals surface area contributed by atoms with Gasteiger partial charge in [-0.1, -0.05) is 215 Å². The molecule has 2 aromatic carbocycles. The number of halogens is 3. The molecule has 324 valence electrons. The van der Waals surface area contributed by atoms with Crippen LogP contribution in [0.2, 0.25) is 0 Å². The Morgan fingerprint density at radius 3 is 1.44 bits per heavy atom. The number of alkyl halides is 3. The van der Waals surface area contributed by atoms with Crippen molar-refractivity contribution in [2.24, 2.45) is 17.8 Å². The van der Waals surface area contributed by atoms with Crippen LogP contribution in [-0.2, 0) is 0 Å². The van der Waals surface area contributed by atoms with Gasteiger partial charge in [0.15, 0.2) is 0 Å². The first-order chi connectivity index (χ1) is 26.1. The molecule has 0 bridgehead atoms. The van der Waals surface area contributed by atoms with Crippen molar-refractivity contribution in [1.29, 1.82) is 5.41 Å². The fraction of sp³-hybridized carbons (Fsp3) is 0.706. The SMILES string of the molecule is CC.CCC(CC)/C(C=N)=C(/C)C(F)F.CCC(F)CC.CCCC.CCCC(C)C.CCCCCCC(C)CC.Cc1ccc(-c2ccccc2C)cc1. The van der Waals surface area contributed by atoms with E-state index in [0.717, 1.165) is 30.9 Å². The first kappa shape index (κ1) is 61.9. The summed E-state index contributed by atoms with van der Waals surface area (Å²) in [5.74, 6) is 1.96. The Hall–Kier alpha value is -2.36. The second-order valence-corrected chi connectivity index (χ2v) is 14.7. The highest BCUT2D eigenvalue weighted by molar-refractivity contribution is 5.77. The van der Waals surface area contributed by atoms with E-state index >= 15 is 0 Å². The lowest BCUT2D eigenvalue weighted by Crippen LogP contribution is -2.09. The molecule has 2 aromatic rings. The second-order valence-electron chi connectivity index (χ2n) is 14.7. The van der Waals surface area contributed by atoms with Gasteiger partial charge in [-0.05, 0) is 92.0 Å². The maximum absolute atomic E-state index is 12.3. The normalized spacial score (nSPS) is 11.1. The quantitative estimate of drug-likeness (QED) is 0.122. The average molecular weight is 778 g/mol. The number of aryl methyl sites for hydroxylation is 2. The molecular formula is C51H94F3N. The molecule has 2 rings (SSSR count). The van der Waals surface area contributed by atoms with Crippen molar-refractivity contribution in [2.75, 3.05) is 0 Å². The fourth-order valence-electron chi connectivity index (χ4n) is 5.03. The summed E-state index contributed by atoms with van der Waals surface area (Å²) in [5.41, 5.74) is 5.81. The lowest BCUT2D eigenvalue weighted by molar-refractivity contribution is 0.188. The summed E-state index contributed by atoms with van der Waals surface area (Å²) >= 11 is 0. The van der Waals surface area contributed by atoms with Gasteiger partial charge < -0.3 is 5.41 Å². The van der Waals surface area contributed by atoms with E-state index in [1.165, 1.54) is 93.4 Å². The van der Waals surface area contributed by atoms with E-state index in [-0.39, 0.29) is 11.5 Å². The molecule has 0 heterocycles. The molecule has 1 nitrogen and oxygen atoms in total. The van der Waals surface area contributed by atoms with Crippen LogP contribution in [0.15, 0.2) is 59.7 Å². The highest BCUT2D eigenvalue weighted by Gasteiger charge is 2.16.